The van der Waals surface area contributed by atoms with E-state index < -0.39 is 22.9 Å². The topological polar surface area (TPSA) is 120 Å². The molecule has 0 aliphatic carbocycles. The number of phenols is 2. The van der Waals surface area contributed by atoms with Crippen molar-refractivity contribution in [3.8, 4) is 34.3 Å². The average molecular weight is 507 g/mol. The summed E-state index contributed by atoms with van der Waals surface area (Å²) in [6.45, 7) is 13.1. The van der Waals surface area contributed by atoms with Crippen molar-refractivity contribution in [1.29, 1.82) is 0 Å². The van der Waals surface area contributed by atoms with Gasteiger partial charge in [-0.05, 0) is 65.5 Å². The van der Waals surface area contributed by atoms with Gasteiger partial charge in [0.25, 0.3) is 0 Å². The summed E-state index contributed by atoms with van der Waals surface area (Å²) in [5.74, 6) is -0.625. The summed E-state index contributed by atoms with van der Waals surface area (Å²) in [4.78, 5) is 13.6. The zero-order valence-corrected chi connectivity index (χ0v) is 21.9. The molecule has 1 aliphatic heterocycles. The molecule has 37 heavy (non-hydrogen) atoms. The summed E-state index contributed by atoms with van der Waals surface area (Å²) < 4.78 is 12.3. The van der Waals surface area contributed by atoms with Crippen LogP contribution in [0.5, 0.6) is 23.0 Å². The Kier molecular flexibility index (Phi) is 6.86. The van der Waals surface area contributed by atoms with Gasteiger partial charge in [0.05, 0.1) is 6.10 Å². The van der Waals surface area contributed by atoms with Gasteiger partial charge < -0.3 is 29.6 Å². The van der Waals surface area contributed by atoms with Crippen LogP contribution in [0.15, 0.2) is 51.2 Å². The van der Waals surface area contributed by atoms with Gasteiger partial charge in [-0.2, -0.15) is 0 Å². The zero-order chi connectivity index (χ0) is 27.2. The Morgan fingerprint density at radius 2 is 1.86 bits per heavy atom. The number of hydrogen-bond donors (Lipinski definition) is 4. The van der Waals surface area contributed by atoms with Crippen LogP contribution in [-0.2, 0) is 19.3 Å². The molecule has 1 atom stereocenters. The van der Waals surface area contributed by atoms with Crippen LogP contribution < -0.4 is 10.2 Å². The summed E-state index contributed by atoms with van der Waals surface area (Å²) in [5.41, 5.74) is 2.20. The minimum atomic E-state index is -0.820. The first kappa shape index (κ1) is 26.4. The fraction of sp³-hybridized carbons (Fsp3) is 0.367. The molecule has 0 spiro atoms. The highest BCUT2D eigenvalue weighted by atomic mass is 16.5. The number of hydrogen-bond acceptors (Lipinski definition) is 7. The largest absolute Gasteiger partial charge is 0.508 e. The van der Waals surface area contributed by atoms with Gasteiger partial charge in [0.1, 0.15) is 33.8 Å². The van der Waals surface area contributed by atoms with Crippen molar-refractivity contribution in [3.05, 3.63) is 68.9 Å². The van der Waals surface area contributed by atoms with Crippen molar-refractivity contribution in [2.75, 3.05) is 0 Å². The monoisotopic (exact) mass is 506 g/mol. The highest BCUT2D eigenvalue weighted by Crippen LogP contribution is 2.47. The molecule has 1 aliphatic rings. The van der Waals surface area contributed by atoms with E-state index in [1.54, 1.807) is 19.1 Å². The minimum Gasteiger partial charge on any atom is -0.508 e. The van der Waals surface area contributed by atoms with Crippen molar-refractivity contribution in [2.45, 2.75) is 72.0 Å². The second-order valence-electron chi connectivity index (χ2n) is 10.7. The van der Waals surface area contributed by atoms with Gasteiger partial charge in [-0.3, -0.25) is 4.79 Å². The Hall–Kier alpha value is -3.71. The van der Waals surface area contributed by atoms with Crippen LogP contribution in [0.2, 0.25) is 0 Å². The fourth-order valence-corrected chi connectivity index (χ4v) is 4.54. The van der Waals surface area contributed by atoms with Crippen LogP contribution in [0.4, 0.5) is 0 Å². The number of ether oxygens (including phenoxy) is 1. The summed E-state index contributed by atoms with van der Waals surface area (Å²) in [5, 5.41) is 43.0. The van der Waals surface area contributed by atoms with Crippen molar-refractivity contribution in [2.24, 2.45) is 0 Å². The van der Waals surface area contributed by atoms with Gasteiger partial charge >= 0.3 is 0 Å². The molecule has 1 unspecified atom stereocenters. The number of phenolic OH excluding ortho intramolecular Hbond substituents is 2. The lowest BCUT2D eigenvalue weighted by Gasteiger charge is -2.34. The minimum absolute atomic E-state index is 0.0160. The molecule has 196 valence electrons. The maximum atomic E-state index is 13.6. The molecule has 0 saturated heterocycles. The fourth-order valence-electron chi connectivity index (χ4n) is 4.54. The summed E-state index contributed by atoms with van der Waals surface area (Å²) in [6, 6.07) is 4.57. The van der Waals surface area contributed by atoms with Crippen LogP contribution in [0.25, 0.3) is 22.3 Å². The molecule has 4 rings (SSSR count). The van der Waals surface area contributed by atoms with Crippen LogP contribution in [-0.4, -0.2) is 32.1 Å². The first-order chi connectivity index (χ1) is 17.3. The predicted molar refractivity (Wildman–Crippen MR) is 144 cm³/mol. The van der Waals surface area contributed by atoms with E-state index in [0.29, 0.717) is 41.5 Å². The smallest absolute Gasteiger partial charge is 0.238 e. The molecule has 3 aromatic rings. The normalized spacial score (nSPS) is 15.1. The highest BCUT2D eigenvalue weighted by molar-refractivity contribution is 5.93. The van der Waals surface area contributed by atoms with Gasteiger partial charge in [-0.1, -0.05) is 35.9 Å². The lowest BCUT2D eigenvalue weighted by atomic mass is 9.89. The van der Waals surface area contributed by atoms with E-state index in [-0.39, 0.29) is 46.0 Å². The third-order valence-electron chi connectivity index (χ3n) is 6.83. The molecular weight excluding hydrogens is 472 g/mol. The van der Waals surface area contributed by atoms with E-state index in [1.165, 1.54) is 6.07 Å². The van der Waals surface area contributed by atoms with E-state index >= 15 is 0 Å². The summed E-state index contributed by atoms with van der Waals surface area (Å²) in [7, 11) is 0. The van der Waals surface area contributed by atoms with Crippen molar-refractivity contribution in [3.63, 3.8) is 0 Å². The Morgan fingerprint density at radius 3 is 2.49 bits per heavy atom. The lowest BCUT2D eigenvalue weighted by Crippen LogP contribution is -2.33. The van der Waals surface area contributed by atoms with Gasteiger partial charge in [0, 0.05) is 23.1 Å². The summed E-state index contributed by atoms with van der Waals surface area (Å²) in [6.07, 6.45) is 2.75. The van der Waals surface area contributed by atoms with Crippen molar-refractivity contribution in [1.82, 2.24) is 0 Å². The average Bonchev–Trinajstić information content (AvgIpc) is 2.81. The quantitative estimate of drug-likeness (QED) is 0.318. The molecule has 0 fully saturated rings. The highest BCUT2D eigenvalue weighted by Gasteiger charge is 2.34. The van der Waals surface area contributed by atoms with Crippen molar-refractivity contribution >= 4 is 11.0 Å². The first-order valence-corrected chi connectivity index (χ1v) is 12.3. The molecule has 0 bridgehead atoms. The lowest BCUT2D eigenvalue weighted by molar-refractivity contribution is 0.0856. The second kappa shape index (κ2) is 9.63. The number of aliphatic hydroxyl groups excluding tert-OH is 1. The number of aliphatic hydroxyl groups is 1. The van der Waals surface area contributed by atoms with E-state index in [2.05, 4.69) is 6.58 Å². The number of benzene rings is 2. The maximum Gasteiger partial charge on any atom is 0.238 e. The molecule has 7 heteroatoms. The number of fused-ring (bicyclic) bond motifs is 3. The van der Waals surface area contributed by atoms with Crippen LogP contribution in [0.3, 0.4) is 0 Å². The molecular formula is C30H34O7. The molecule has 1 aromatic heterocycles. The van der Waals surface area contributed by atoms with Crippen LogP contribution >= 0.6 is 0 Å². The first-order valence-electron chi connectivity index (χ1n) is 12.3. The Labute approximate surface area is 216 Å². The number of rotatable bonds is 6. The second-order valence-corrected chi connectivity index (χ2v) is 10.7. The number of allylic oxidation sites excluding steroid dienone is 2. The van der Waals surface area contributed by atoms with Crippen molar-refractivity contribution < 1.29 is 29.6 Å². The maximum absolute atomic E-state index is 13.6. The third-order valence-corrected chi connectivity index (χ3v) is 6.83. The SMILES string of the molecule is C=C(C)C(O)Cc1ccc(-c2oc3c(CC=C(C)C)c(O)c4c(c3c(=O)c2O)OC(C)(C)CC4)cc1O. The van der Waals surface area contributed by atoms with Gasteiger partial charge in [-0.15, -0.1) is 0 Å². The Balaban J connectivity index is 1.97. The Bertz CT molecular complexity index is 1490. The molecule has 4 N–H and O–H groups in total. The Morgan fingerprint density at radius 1 is 1.16 bits per heavy atom. The van der Waals surface area contributed by atoms with Gasteiger partial charge in [0.2, 0.25) is 11.2 Å². The third kappa shape index (κ3) is 4.96. The molecule has 0 saturated carbocycles. The predicted octanol–water partition coefficient (Wildman–Crippen LogP) is 5.67. The standard InChI is InChI=1S/C30H34O7/c1-15(2)7-10-19-24(33)20-11-12-30(5,6)37-29(20)23-25(34)26(35)27(36-28(19)23)18-9-8-17(22(32)14-18)13-21(31)16(3)4/h7-9,14,21,31-33,35H,3,10-13H2,1-2,4-6H3. The van der Waals surface area contributed by atoms with Crippen LogP contribution in [0.1, 0.15) is 57.7 Å². The van der Waals surface area contributed by atoms with E-state index in [4.69, 9.17) is 9.15 Å². The van der Waals surface area contributed by atoms with E-state index in [9.17, 15) is 25.2 Å². The van der Waals surface area contributed by atoms with E-state index in [0.717, 1.165) is 5.57 Å². The molecule has 0 radical (unpaired) electrons. The molecule has 0 amide bonds. The van der Waals surface area contributed by atoms with Gasteiger partial charge in [-0.25, -0.2) is 0 Å². The van der Waals surface area contributed by atoms with Gasteiger partial charge in [0.15, 0.2) is 5.76 Å². The van der Waals surface area contributed by atoms with E-state index in [1.807, 2.05) is 33.8 Å². The van der Waals surface area contributed by atoms with Crippen LogP contribution in [0, 0.1) is 0 Å². The molecule has 7 nitrogen and oxygen atoms in total. The molecule has 2 aromatic carbocycles. The summed E-state index contributed by atoms with van der Waals surface area (Å²) >= 11 is 0. The molecule has 2 heterocycles. The number of aromatic hydroxyl groups is 3. The zero-order valence-electron chi connectivity index (χ0n) is 21.9.